The molecular weight excluding hydrogens is 320 g/mol. The Bertz CT molecular complexity index is 507. The smallest absolute Gasteiger partial charge is 0.408 e. The van der Waals surface area contributed by atoms with Crippen molar-refractivity contribution in [3.05, 3.63) is 0 Å². The molecule has 0 bridgehead atoms. The Labute approximate surface area is 151 Å². The average Bonchev–Trinajstić information content (AvgIpc) is 3.00. The summed E-state index contributed by atoms with van der Waals surface area (Å²) >= 11 is 0. The van der Waals surface area contributed by atoms with Gasteiger partial charge in [-0.1, -0.05) is 27.2 Å². The van der Waals surface area contributed by atoms with Crippen LogP contribution < -0.4 is 5.32 Å². The first-order chi connectivity index (χ1) is 11.4. The van der Waals surface area contributed by atoms with Gasteiger partial charge in [0.2, 0.25) is 5.91 Å². The number of aliphatic hydroxyl groups excluding tert-OH is 1. The van der Waals surface area contributed by atoms with Crippen LogP contribution in [0.25, 0.3) is 0 Å². The van der Waals surface area contributed by atoms with E-state index in [0.29, 0.717) is 18.4 Å². The standard InChI is InChI=1S/C19H34N2O4/c1-18(2,3)15(20-17(24)25-19(4,5)6)16(23)21-10-12-8-7-9-13(12)14(21)11-22/h12-15,22H,7-11H2,1-6H3,(H,20,24)/t12-,13-,14?,15+/m0/s1. The molecule has 0 aromatic rings. The summed E-state index contributed by atoms with van der Waals surface area (Å²) in [5.74, 6) is 0.742. The predicted molar refractivity (Wildman–Crippen MR) is 96.0 cm³/mol. The van der Waals surface area contributed by atoms with E-state index in [-0.39, 0.29) is 18.6 Å². The Morgan fingerprint density at radius 2 is 1.84 bits per heavy atom. The first-order valence-electron chi connectivity index (χ1n) is 9.35. The number of amides is 2. The van der Waals surface area contributed by atoms with Gasteiger partial charge in [0.1, 0.15) is 11.6 Å². The maximum atomic E-state index is 13.2. The van der Waals surface area contributed by atoms with Crippen LogP contribution in [0.5, 0.6) is 0 Å². The zero-order valence-corrected chi connectivity index (χ0v) is 16.5. The van der Waals surface area contributed by atoms with Crippen LogP contribution in [-0.4, -0.2) is 52.8 Å². The molecule has 6 nitrogen and oxygen atoms in total. The molecule has 1 saturated carbocycles. The maximum Gasteiger partial charge on any atom is 0.408 e. The van der Waals surface area contributed by atoms with E-state index in [1.54, 1.807) is 25.7 Å². The first-order valence-corrected chi connectivity index (χ1v) is 9.35. The second kappa shape index (κ2) is 7.14. The number of fused-ring (bicyclic) bond motifs is 1. The third-order valence-corrected chi connectivity index (χ3v) is 5.29. The lowest BCUT2D eigenvalue weighted by Crippen LogP contribution is -2.57. The van der Waals surface area contributed by atoms with Crippen LogP contribution in [0.1, 0.15) is 60.8 Å². The maximum absolute atomic E-state index is 13.2. The molecule has 1 heterocycles. The molecule has 0 spiro atoms. The van der Waals surface area contributed by atoms with Gasteiger partial charge in [0.15, 0.2) is 0 Å². The largest absolute Gasteiger partial charge is 0.444 e. The fraction of sp³-hybridized carbons (Fsp3) is 0.895. The molecule has 144 valence electrons. The number of nitrogens with zero attached hydrogens (tertiary/aromatic N) is 1. The molecule has 0 aromatic carbocycles. The predicted octanol–water partition coefficient (Wildman–Crippen LogP) is 2.55. The number of hydrogen-bond acceptors (Lipinski definition) is 4. The van der Waals surface area contributed by atoms with Gasteiger partial charge in [-0.2, -0.15) is 0 Å². The highest BCUT2D eigenvalue weighted by atomic mass is 16.6. The number of aliphatic hydroxyl groups is 1. The van der Waals surface area contributed by atoms with Gasteiger partial charge in [0.25, 0.3) is 0 Å². The molecule has 2 aliphatic rings. The number of likely N-dealkylation sites (tertiary alicyclic amines) is 1. The van der Waals surface area contributed by atoms with Crippen molar-refractivity contribution in [1.29, 1.82) is 0 Å². The minimum Gasteiger partial charge on any atom is -0.444 e. The molecule has 0 radical (unpaired) electrons. The monoisotopic (exact) mass is 354 g/mol. The van der Waals surface area contributed by atoms with E-state index in [1.807, 2.05) is 20.8 Å². The van der Waals surface area contributed by atoms with Crippen molar-refractivity contribution in [3.8, 4) is 0 Å². The molecule has 2 amide bonds. The summed E-state index contributed by atoms with van der Waals surface area (Å²) in [7, 11) is 0. The van der Waals surface area contributed by atoms with Gasteiger partial charge in [-0.05, 0) is 50.9 Å². The average molecular weight is 354 g/mol. The number of ether oxygens (including phenoxy) is 1. The molecule has 1 saturated heterocycles. The normalized spacial score (nSPS) is 27.8. The van der Waals surface area contributed by atoms with Crippen molar-refractivity contribution >= 4 is 12.0 Å². The number of hydrogen-bond donors (Lipinski definition) is 2. The highest BCUT2D eigenvalue weighted by Gasteiger charge is 2.48. The van der Waals surface area contributed by atoms with Gasteiger partial charge in [-0.25, -0.2) is 4.79 Å². The highest BCUT2D eigenvalue weighted by Crippen LogP contribution is 2.42. The molecule has 2 rings (SSSR count). The highest BCUT2D eigenvalue weighted by molar-refractivity contribution is 5.87. The Balaban J connectivity index is 2.15. The molecule has 6 heteroatoms. The third kappa shape index (κ3) is 4.66. The minimum atomic E-state index is -0.685. The lowest BCUT2D eigenvalue weighted by molar-refractivity contribution is -0.138. The number of rotatable bonds is 3. The number of carbonyl (C=O) groups is 2. The number of carbonyl (C=O) groups excluding carboxylic acids is 2. The van der Waals surface area contributed by atoms with Gasteiger partial charge >= 0.3 is 6.09 Å². The van der Waals surface area contributed by atoms with Crippen LogP contribution in [0.15, 0.2) is 0 Å². The summed E-state index contributed by atoms with van der Waals surface area (Å²) < 4.78 is 5.33. The van der Waals surface area contributed by atoms with Crippen LogP contribution in [0.3, 0.4) is 0 Å². The van der Waals surface area contributed by atoms with Crippen LogP contribution >= 0.6 is 0 Å². The van der Waals surface area contributed by atoms with Gasteiger partial charge in [0, 0.05) is 6.54 Å². The van der Waals surface area contributed by atoms with E-state index < -0.39 is 23.2 Å². The number of alkyl carbamates (subject to hydrolysis) is 1. The van der Waals surface area contributed by atoms with Gasteiger partial charge in [0.05, 0.1) is 12.6 Å². The molecule has 0 aromatic heterocycles. The first kappa shape index (κ1) is 20.0. The minimum absolute atomic E-state index is 0.0177. The number of nitrogens with one attached hydrogen (secondary N) is 1. The summed E-state index contributed by atoms with van der Waals surface area (Å²) in [6, 6.07) is -0.819. The topological polar surface area (TPSA) is 78.9 Å². The van der Waals surface area contributed by atoms with E-state index in [2.05, 4.69) is 5.32 Å². The summed E-state index contributed by atoms with van der Waals surface area (Å²) in [6.45, 7) is 11.8. The van der Waals surface area contributed by atoms with Crippen molar-refractivity contribution in [1.82, 2.24) is 10.2 Å². The SMILES string of the molecule is CC(C)(C)OC(=O)N[C@H](C(=O)N1C[C@@H]2CCC[C@@H]2C1CO)C(C)(C)C. The summed E-state index contributed by atoms with van der Waals surface area (Å²) in [5.41, 5.74) is -1.07. The van der Waals surface area contributed by atoms with Gasteiger partial charge < -0.3 is 20.1 Å². The van der Waals surface area contributed by atoms with Crippen molar-refractivity contribution in [2.24, 2.45) is 17.3 Å². The fourth-order valence-corrected chi connectivity index (χ4v) is 4.15. The fourth-order valence-electron chi connectivity index (χ4n) is 4.15. The van der Waals surface area contributed by atoms with E-state index in [0.717, 1.165) is 12.8 Å². The Morgan fingerprint density at radius 1 is 1.20 bits per heavy atom. The van der Waals surface area contributed by atoms with Crippen LogP contribution in [-0.2, 0) is 9.53 Å². The molecule has 1 aliphatic heterocycles. The van der Waals surface area contributed by atoms with Crippen LogP contribution in [0.2, 0.25) is 0 Å². The summed E-state index contributed by atoms with van der Waals surface area (Å²) in [5, 5.41) is 12.6. The van der Waals surface area contributed by atoms with E-state index in [9.17, 15) is 14.7 Å². The molecule has 2 fully saturated rings. The molecule has 25 heavy (non-hydrogen) atoms. The zero-order valence-electron chi connectivity index (χ0n) is 16.5. The van der Waals surface area contributed by atoms with Crippen molar-refractivity contribution < 1.29 is 19.4 Å². The van der Waals surface area contributed by atoms with E-state index in [1.165, 1.54) is 6.42 Å². The molecular formula is C19H34N2O4. The second-order valence-corrected chi connectivity index (χ2v) is 9.54. The second-order valence-electron chi connectivity index (χ2n) is 9.54. The third-order valence-electron chi connectivity index (χ3n) is 5.29. The molecule has 2 N–H and O–H groups in total. The Kier molecular flexibility index (Phi) is 5.71. The summed E-state index contributed by atoms with van der Waals surface area (Å²) in [6.07, 6.45) is 2.78. The summed E-state index contributed by atoms with van der Waals surface area (Å²) in [4.78, 5) is 27.3. The van der Waals surface area contributed by atoms with Crippen molar-refractivity contribution in [2.45, 2.75) is 78.5 Å². The lowest BCUT2D eigenvalue weighted by Gasteiger charge is -2.36. The molecule has 1 aliphatic carbocycles. The van der Waals surface area contributed by atoms with Crippen molar-refractivity contribution in [3.63, 3.8) is 0 Å². The van der Waals surface area contributed by atoms with E-state index in [4.69, 9.17) is 4.74 Å². The van der Waals surface area contributed by atoms with Gasteiger partial charge in [-0.3, -0.25) is 4.79 Å². The lowest BCUT2D eigenvalue weighted by atomic mass is 9.85. The zero-order chi connectivity index (χ0) is 19.0. The quantitative estimate of drug-likeness (QED) is 0.816. The van der Waals surface area contributed by atoms with Crippen molar-refractivity contribution in [2.75, 3.05) is 13.2 Å². The Hall–Kier alpha value is -1.30. The Morgan fingerprint density at radius 3 is 2.36 bits per heavy atom. The van der Waals surface area contributed by atoms with Crippen LogP contribution in [0.4, 0.5) is 4.79 Å². The molecule has 1 unspecified atom stereocenters. The van der Waals surface area contributed by atoms with E-state index >= 15 is 0 Å². The molecule has 4 atom stereocenters. The van der Waals surface area contributed by atoms with Crippen LogP contribution in [0, 0.1) is 17.3 Å². The van der Waals surface area contributed by atoms with Gasteiger partial charge in [-0.15, -0.1) is 0 Å².